The van der Waals surface area contributed by atoms with Crippen LogP contribution in [0.1, 0.15) is 32.2 Å². The Morgan fingerprint density at radius 2 is 1.71 bits per heavy atom. The van der Waals surface area contributed by atoms with Crippen molar-refractivity contribution < 1.29 is 23.8 Å². The average molecular weight is 349 g/mol. The first-order chi connectivity index (χ1) is 11.5. The Morgan fingerprint density at radius 1 is 1.08 bits per heavy atom. The maximum Gasteiger partial charge on any atom is 0.345 e. The molecule has 0 spiro atoms. The molecule has 0 saturated carbocycles. The number of benzene rings is 1. The second-order valence-corrected chi connectivity index (χ2v) is 6.62. The van der Waals surface area contributed by atoms with Crippen LogP contribution in [0.15, 0.2) is 36.4 Å². The molecule has 0 bridgehead atoms. The third kappa shape index (κ3) is 3.73. The minimum Gasteiger partial charge on any atom is -0.490 e. The lowest BCUT2D eigenvalue weighted by atomic mass is 10.1. The van der Waals surface area contributed by atoms with Gasteiger partial charge in [-0.3, -0.25) is 4.79 Å². The van der Waals surface area contributed by atoms with E-state index in [-0.39, 0.29) is 22.7 Å². The molecule has 3 rings (SSSR count). The van der Waals surface area contributed by atoms with E-state index < -0.39 is 5.97 Å². The summed E-state index contributed by atoms with van der Waals surface area (Å²) in [7, 11) is 0. The molecule has 24 heavy (non-hydrogen) atoms. The standard InChI is InChI=1S/C17H16FNO4S/c18-11-1-3-12(4-2-11)23-13-7-9-19(10-8-13)16(20)14-5-6-15(24-14)17(21)22/h1-6,13H,7-10H2,(H,21,22). The number of halogens is 1. The van der Waals surface area contributed by atoms with Gasteiger partial charge in [-0.2, -0.15) is 0 Å². The molecule has 2 aromatic rings. The summed E-state index contributed by atoms with van der Waals surface area (Å²) in [5.74, 6) is -0.858. The van der Waals surface area contributed by atoms with Crippen molar-refractivity contribution in [3.05, 3.63) is 52.0 Å². The molecule has 2 heterocycles. The molecule has 1 aliphatic heterocycles. The van der Waals surface area contributed by atoms with E-state index in [1.807, 2.05) is 0 Å². The molecular formula is C17H16FNO4S. The van der Waals surface area contributed by atoms with Crippen LogP contribution in [-0.4, -0.2) is 41.1 Å². The van der Waals surface area contributed by atoms with Crippen LogP contribution in [0.25, 0.3) is 0 Å². The fraction of sp³-hybridized carbons (Fsp3) is 0.294. The number of amides is 1. The number of thiophene rings is 1. The molecule has 7 heteroatoms. The number of rotatable bonds is 4. The number of aromatic carboxylic acids is 1. The van der Waals surface area contributed by atoms with E-state index in [0.29, 0.717) is 36.6 Å². The maximum absolute atomic E-state index is 12.9. The Labute approximate surface area is 142 Å². The second kappa shape index (κ2) is 7.00. The highest BCUT2D eigenvalue weighted by atomic mass is 32.1. The van der Waals surface area contributed by atoms with E-state index in [1.54, 1.807) is 23.1 Å². The average Bonchev–Trinajstić information content (AvgIpc) is 3.07. The summed E-state index contributed by atoms with van der Waals surface area (Å²) in [4.78, 5) is 25.6. The van der Waals surface area contributed by atoms with Crippen LogP contribution in [0.2, 0.25) is 0 Å². The van der Waals surface area contributed by atoms with Gasteiger partial charge >= 0.3 is 5.97 Å². The van der Waals surface area contributed by atoms with Crippen molar-refractivity contribution in [2.45, 2.75) is 18.9 Å². The molecule has 1 amide bonds. The van der Waals surface area contributed by atoms with E-state index in [2.05, 4.69) is 0 Å². The van der Waals surface area contributed by atoms with Crippen LogP contribution < -0.4 is 4.74 Å². The van der Waals surface area contributed by atoms with Crippen molar-refractivity contribution in [1.82, 2.24) is 4.90 Å². The molecule has 126 valence electrons. The third-order valence-corrected chi connectivity index (χ3v) is 4.93. The summed E-state index contributed by atoms with van der Waals surface area (Å²) in [6.45, 7) is 1.09. The number of carboxylic acids is 1. The molecule has 1 saturated heterocycles. The number of hydrogen-bond donors (Lipinski definition) is 1. The van der Waals surface area contributed by atoms with E-state index in [1.165, 1.54) is 18.2 Å². The van der Waals surface area contributed by atoms with Crippen molar-refractivity contribution >= 4 is 23.2 Å². The van der Waals surface area contributed by atoms with Crippen LogP contribution in [0.5, 0.6) is 5.75 Å². The van der Waals surface area contributed by atoms with Crippen molar-refractivity contribution in [1.29, 1.82) is 0 Å². The van der Waals surface area contributed by atoms with Gasteiger partial charge < -0.3 is 14.7 Å². The molecule has 0 radical (unpaired) electrons. The number of carbonyl (C=O) groups excluding carboxylic acids is 1. The Balaban J connectivity index is 1.55. The number of hydrogen-bond acceptors (Lipinski definition) is 4. The van der Waals surface area contributed by atoms with Gasteiger partial charge in [0.25, 0.3) is 5.91 Å². The molecule has 0 unspecified atom stereocenters. The highest BCUT2D eigenvalue weighted by molar-refractivity contribution is 7.15. The van der Waals surface area contributed by atoms with Gasteiger partial charge in [0.15, 0.2) is 0 Å². The molecule has 1 fully saturated rings. The Morgan fingerprint density at radius 3 is 2.29 bits per heavy atom. The summed E-state index contributed by atoms with van der Waals surface area (Å²) in [6.07, 6.45) is 1.35. The van der Waals surface area contributed by atoms with Crippen LogP contribution >= 0.6 is 11.3 Å². The van der Waals surface area contributed by atoms with Gasteiger partial charge in [-0.15, -0.1) is 11.3 Å². The first-order valence-corrected chi connectivity index (χ1v) is 8.39. The summed E-state index contributed by atoms with van der Waals surface area (Å²) in [5, 5.41) is 8.93. The number of piperidine rings is 1. The molecular weight excluding hydrogens is 333 g/mol. The highest BCUT2D eigenvalue weighted by Crippen LogP contribution is 2.23. The zero-order valence-corrected chi connectivity index (χ0v) is 13.6. The van der Waals surface area contributed by atoms with Crippen molar-refractivity contribution in [3.63, 3.8) is 0 Å². The van der Waals surface area contributed by atoms with E-state index in [4.69, 9.17) is 9.84 Å². The monoisotopic (exact) mass is 349 g/mol. The van der Waals surface area contributed by atoms with Gasteiger partial charge in [0.05, 0.1) is 4.88 Å². The molecule has 1 N–H and O–H groups in total. The lowest BCUT2D eigenvalue weighted by Crippen LogP contribution is -2.41. The van der Waals surface area contributed by atoms with E-state index in [0.717, 1.165) is 11.3 Å². The zero-order valence-electron chi connectivity index (χ0n) is 12.8. The third-order valence-electron chi connectivity index (χ3n) is 3.87. The molecule has 5 nitrogen and oxygen atoms in total. The predicted molar refractivity (Wildman–Crippen MR) is 87.2 cm³/mol. The first-order valence-electron chi connectivity index (χ1n) is 7.57. The largest absolute Gasteiger partial charge is 0.490 e. The number of carboxylic acid groups (broad SMARTS) is 1. The summed E-state index contributed by atoms with van der Waals surface area (Å²) < 4.78 is 18.7. The quantitative estimate of drug-likeness (QED) is 0.920. The fourth-order valence-electron chi connectivity index (χ4n) is 2.61. The maximum atomic E-state index is 12.9. The molecule has 1 aromatic heterocycles. The topological polar surface area (TPSA) is 66.8 Å². The van der Waals surface area contributed by atoms with Crippen molar-refractivity contribution in [3.8, 4) is 5.75 Å². The molecule has 1 aliphatic rings. The van der Waals surface area contributed by atoms with Crippen LogP contribution in [0, 0.1) is 5.82 Å². The Hall–Kier alpha value is -2.41. The molecule has 1 aromatic carbocycles. The van der Waals surface area contributed by atoms with Crippen LogP contribution in [-0.2, 0) is 0 Å². The normalized spacial score (nSPS) is 15.3. The van der Waals surface area contributed by atoms with Gasteiger partial charge in [0, 0.05) is 25.9 Å². The first kappa shape index (κ1) is 16.4. The SMILES string of the molecule is O=C(O)c1ccc(C(=O)N2CCC(Oc3ccc(F)cc3)CC2)s1. The van der Waals surface area contributed by atoms with Crippen LogP contribution in [0.3, 0.4) is 0 Å². The Bertz CT molecular complexity index is 735. The number of ether oxygens (including phenoxy) is 1. The second-order valence-electron chi connectivity index (χ2n) is 5.53. The highest BCUT2D eigenvalue weighted by Gasteiger charge is 2.26. The molecule has 0 aliphatic carbocycles. The summed E-state index contributed by atoms with van der Waals surface area (Å²) >= 11 is 0.990. The summed E-state index contributed by atoms with van der Waals surface area (Å²) in [6, 6.07) is 8.88. The smallest absolute Gasteiger partial charge is 0.345 e. The van der Waals surface area contributed by atoms with Gasteiger partial charge in [0.1, 0.15) is 22.5 Å². The van der Waals surface area contributed by atoms with Crippen molar-refractivity contribution in [2.75, 3.05) is 13.1 Å². The van der Waals surface area contributed by atoms with E-state index in [9.17, 15) is 14.0 Å². The lowest BCUT2D eigenvalue weighted by Gasteiger charge is -2.32. The zero-order chi connectivity index (χ0) is 17.1. The number of nitrogens with zero attached hydrogens (tertiary/aromatic N) is 1. The molecule has 0 atom stereocenters. The summed E-state index contributed by atoms with van der Waals surface area (Å²) in [5.41, 5.74) is 0. The Kier molecular flexibility index (Phi) is 4.80. The van der Waals surface area contributed by atoms with Gasteiger partial charge in [-0.25, -0.2) is 9.18 Å². The van der Waals surface area contributed by atoms with Gasteiger partial charge in [-0.05, 0) is 36.4 Å². The van der Waals surface area contributed by atoms with Crippen molar-refractivity contribution in [2.24, 2.45) is 0 Å². The lowest BCUT2D eigenvalue weighted by molar-refractivity contribution is 0.0599. The number of carbonyl (C=O) groups is 2. The van der Waals surface area contributed by atoms with Crippen LogP contribution in [0.4, 0.5) is 4.39 Å². The fourth-order valence-corrected chi connectivity index (χ4v) is 3.42. The predicted octanol–water partition coefficient (Wildman–Crippen LogP) is 3.27. The minimum absolute atomic E-state index is 0.0163. The number of likely N-dealkylation sites (tertiary alicyclic amines) is 1. The minimum atomic E-state index is -1.02. The van der Waals surface area contributed by atoms with E-state index >= 15 is 0 Å². The van der Waals surface area contributed by atoms with Gasteiger partial charge in [0.2, 0.25) is 0 Å². The van der Waals surface area contributed by atoms with Gasteiger partial charge in [-0.1, -0.05) is 0 Å².